The Morgan fingerprint density at radius 3 is 2.67 bits per heavy atom. The van der Waals surface area contributed by atoms with E-state index >= 15 is 0 Å². The Bertz CT molecular complexity index is 1750. The minimum atomic E-state index is -4.13. The number of hydrogen-bond acceptors (Lipinski definition) is 7. The van der Waals surface area contributed by atoms with E-state index in [1.165, 1.54) is 22.8 Å². The molecule has 2 aromatic heterocycles. The summed E-state index contributed by atoms with van der Waals surface area (Å²) >= 11 is 0. The van der Waals surface area contributed by atoms with E-state index < -0.39 is 27.8 Å². The molecule has 2 aromatic carbocycles. The number of anilines is 1. The van der Waals surface area contributed by atoms with Crippen LogP contribution in [0.2, 0.25) is 0 Å². The molecule has 39 heavy (non-hydrogen) atoms. The summed E-state index contributed by atoms with van der Waals surface area (Å²) in [5, 5.41) is 0. The monoisotopic (exact) mass is 550 g/mol. The molecule has 1 N–H and O–H groups in total. The molecule has 5 rings (SSSR count). The first-order valence-corrected chi connectivity index (χ1v) is 13.9. The van der Waals surface area contributed by atoms with Crippen LogP contribution in [0, 0.1) is 24.7 Å². The number of aryl methyl sites for hydroxylation is 1. The number of oxazole rings is 1. The number of hydrogen-bond donors (Lipinski definition) is 1. The van der Waals surface area contributed by atoms with E-state index in [2.05, 4.69) is 26.4 Å². The van der Waals surface area contributed by atoms with Crippen molar-refractivity contribution in [1.82, 2.24) is 14.5 Å². The lowest BCUT2D eigenvalue weighted by molar-refractivity contribution is 0.0443. The number of halogens is 1. The lowest BCUT2D eigenvalue weighted by atomic mass is 10.0. The van der Waals surface area contributed by atoms with Gasteiger partial charge in [-0.1, -0.05) is 30.0 Å². The summed E-state index contributed by atoms with van der Waals surface area (Å²) in [6, 6.07) is 13.9. The topological polar surface area (TPSA) is 107 Å². The summed E-state index contributed by atoms with van der Waals surface area (Å²) in [7, 11) is -4.13. The molecule has 0 bridgehead atoms. The highest BCUT2D eigenvalue weighted by Crippen LogP contribution is 2.28. The Morgan fingerprint density at radius 2 is 1.90 bits per heavy atom. The summed E-state index contributed by atoms with van der Waals surface area (Å²) in [4.78, 5) is 18.6. The molecule has 3 heterocycles. The third-order valence-electron chi connectivity index (χ3n) is 6.55. The van der Waals surface area contributed by atoms with Crippen LogP contribution < -0.4 is 10.5 Å². The van der Waals surface area contributed by atoms with Gasteiger partial charge in [-0.15, -0.1) is 0 Å². The molecule has 1 fully saturated rings. The molecular weight excluding hydrogens is 523 g/mol. The van der Waals surface area contributed by atoms with E-state index in [0.717, 1.165) is 43.5 Å². The van der Waals surface area contributed by atoms with Gasteiger partial charge in [0.25, 0.3) is 10.0 Å². The molecule has 202 valence electrons. The maximum absolute atomic E-state index is 13.4. The second-order valence-corrected chi connectivity index (χ2v) is 10.9. The number of nitrogens with zero attached hydrogens (tertiary/aromatic N) is 3. The van der Waals surface area contributed by atoms with Crippen molar-refractivity contribution in [2.75, 3.05) is 37.6 Å². The van der Waals surface area contributed by atoms with E-state index in [1.807, 2.05) is 31.2 Å². The lowest BCUT2D eigenvalue weighted by Crippen LogP contribution is -2.36. The maximum Gasteiger partial charge on any atom is 0.420 e. The largest absolute Gasteiger partial charge is 0.420 e. The van der Waals surface area contributed by atoms with Gasteiger partial charge in [0.1, 0.15) is 5.82 Å². The fraction of sp³-hybridized carbons (Fsp3) is 0.286. The number of sulfonamides is 1. The standard InChI is InChI=1S/C28H27FN4O5S/c1-19-16-23-24(18-25(19)39(35,36)31-27-10-4-9-26(29)30-27)38-28(34)33(23)20(2)22-8-3-6-21(17-22)7-5-11-32-12-14-37-15-13-32/h3-4,6,8-10,16-18,20H,11-15H2,1-2H3,(H,30,31)/t20-/m1/s1. The molecule has 4 aromatic rings. The summed E-state index contributed by atoms with van der Waals surface area (Å²) < 4.78 is 54.1. The Labute approximate surface area is 225 Å². The molecule has 1 atom stereocenters. The van der Waals surface area contributed by atoms with Gasteiger partial charge in [0.2, 0.25) is 5.95 Å². The molecule has 0 aliphatic carbocycles. The molecule has 1 aliphatic heterocycles. The Kier molecular flexibility index (Phi) is 7.52. The van der Waals surface area contributed by atoms with Gasteiger partial charge in [-0.05, 0) is 55.3 Å². The van der Waals surface area contributed by atoms with Crippen molar-refractivity contribution in [2.45, 2.75) is 24.8 Å². The predicted octanol–water partition coefficient (Wildman–Crippen LogP) is 3.53. The zero-order valence-electron chi connectivity index (χ0n) is 21.5. The zero-order valence-corrected chi connectivity index (χ0v) is 22.3. The van der Waals surface area contributed by atoms with E-state index in [4.69, 9.17) is 9.15 Å². The van der Waals surface area contributed by atoms with Crippen LogP contribution in [-0.2, 0) is 14.8 Å². The van der Waals surface area contributed by atoms with Gasteiger partial charge in [0, 0.05) is 24.7 Å². The highest BCUT2D eigenvalue weighted by Gasteiger charge is 2.23. The van der Waals surface area contributed by atoms with Crippen molar-refractivity contribution < 1.29 is 22.0 Å². The molecule has 0 unspecified atom stereocenters. The van der Waals surface area contributed by atoms with Gasteiger partial charge in [-0.25, -0.2) is 18.2 Å². The maximum atomic E-state index is 13.4. The van der Waals surface area contributed by atoms with E-state index in [-0.39, 0.29) is 16.3 Å². The lowest BCUT2D eigenvalue weighted by Gasteiger charge is -2.24. The number of nitrogens with one attached hydrogen (secondary N) is 1. The molecule has 0 radical (unpaired) electrons. The minimum absolute atomic E-state index is 0.104. The van der Waals surface area contributed by atoms with Crippen molar-refractivity contribution in [3.63, 3.8) is 0 Å². The zero-order chi connectivity index (χ0) is 27.6. The van der Waals surface area contributed by atoms with E-state index in [9.17, 15) is 17.6 Å². The normalized spacial score (nSPS) is 15.1. The number of aromatic nitrogens is 2. The van der Waals surface area contributed by atoms with Crippen molar-refractivity contribution in [2.24, 2.45) is 0 Å². The summed E-state index contributed by atoms with van der Waals surface area (Å²) in [6.45, 7) is 7.30. The smallest absolute Gasteiger partial charge is 0.408 e. The van der Waals surface area contributed by atoms with Gasteiger partial charge in [0.05, 0.1) is 36.2 Å². The number of rotatable bonds is 6. The van der Waals surface area contributed by atoms with E-state index in [0.29, 0.717) is 17.6 Å². The first kappa shape index (κ1) is 26.6. The second kappa shape index (κ2) is 11.0. The Balaban J connectivity index is 1.42. The van der Waals surface area contributed by atoms with Gasteiger partial charge in [0.15, 0.2) is 5.58 Å². The second-order valence-electron chi connectivity index (χ2n) is 9.27. The molecule has 9 nitrogen and oxygen atoms in total. The number of pyridine rings is 1. The van der Waals surface area contributed by atoms with Crippen LogP contribution in [-0.4, -0.2) is 55.7 Å². The third kappa shape index (κ3) is 5.88. The summed E-state index contributed by atoms with van der Waals surface area (Å²) in [5.41, 5.74) is 2.64. The Morgan fingerprint density at radius 1 is 1.13 bits per heavy atom. The highest BCUT2D eigenvalue weighted by atomic mass is 32.2. The number of ether oxygens (including phenoxy) is 1. The summed E-state index contributed by atoms with van der Waals surface area (Å²) in [5.74, 6) is 4.82. The molecule has 0 spiro atoms. The van der Waals surface area contributed by atoms with Gasteiger partial charge >= 0.3 is 5.76 Å². The SMILES string of the molecule is Cc1cc2c(cc1S(=O)(=O)Nc1cccc(F)n1)oc(=O)n2[C@H](C)c1cccc(C#CCN2CCOCC2)c1. The minimum Gasteiger partial charge on any atom is -0.408 e. The van der Waals surface area contributed by atoms with E-state index in [1.54, 1.807) is 13.0 Å². The molecule has 11 heteroatoms. The molecule has 1 aliphatic rings. The van der Waals surface area contributed by atoms with Gasteiger partial charge < -0.3 is 9.15 Å². The fourth-order valence-electron chi connectivity index (χ4n) is 4.52. The number of fused-ring (bicyclic) bond motifs is 1. The van der Waals surface area contributed by atoms with Crippen LogP contribution in [0.5, 0.6) is 0 Å². The van der Waals surface area contributed by atoms with Crippen LogP contribution in [0.4, 0.5) is 10.2 Å². The molecule has 0 saturated carbocycles. The van der Waals surface area contributed by atoms with Gasteiger partial charge in [-0.2, -0.15) is 4.39 Å². The van der Waals surface area contributed by atoms with Crippen molar-refractivity contribution in [3.8, 4) is 11.8 Å². The van der Waals surface area contributed by atoms with Crippen LogP contribution in [0.3, 0.4) is 0 Å². The first-order chi connectivity index (χ1) is 18.7. The first-order valence-electron chi connectivity index (χ1n) is 12.4. The fourth-order valence-corrected chi connectivity index (χ4v) is 5.76. The van der Waals surface area contributed by atoms with Crippen molar-refractivity contribution in [1.29, 1.82) is 0 Å². The highest BCUT2D eigenvalue weighted by molar-refractivity contribution is 7.92. The Hall–Kier alpha value is -3.98. The predicted molar refractivity (Wildman–Crippen MR) is 145 cm³/mol. The quantitative estimate of drug-likeness (QED) is 0.289. The van der Waals surface area contributed by atoms with Crippen molar-refractivity contribution >= 4 is 26.9 Å². The van der Waals surface area contributed by atoms with Crippen molar-refractivity contribution in [3.05, 3.63) is 87.8 Å². The van der Waals surface area contributed by atoms with Crippen LogP contribution in [0.15, 0.2) is 68.7 Å². The van der Waals surface area contributed by atoms with Crippen LogP contribution >= 0.6 is 0 Å². The molecule has 1 saturated heterocycles. The average molecular weight is 551 g/mol. The van der Waals surface area contributed by atoms with Crippen LogP contribution in [0.1, 0.15) is 29.7 Å². The number of morpholine rings is 1. The van der Waals surface area contributed by atoms with Gasteiger partial charge in [-0.3, -0.25) is 14.2 Å². The third-order valence-corrected chi connectivity index (χ3v) is 8.05. The molecular formula is C28H27FN4O5S. The average Bonchev–Trinajstić information content (AvgIpc) is 3.22. The van der Waals surface area contributed by atoms with Crippen LogP contribution in [0.25, 0.3) is 11.1 Å². The summed E-state index contributed by atoms with van der Waals surface area (Å²) in [6.07, 6.45) is 0. The molecule has 0 amide bonds. The number of benzene rings is 2.